The van der Waals surface area contributed by atoms with Crippen LogP contribution >= 0.6 is 0 Å². The number of hydrogen-bond acceptors (Lipinski definition) is 4. The van der Waals surface area contributed by atoms with Crippen LogP contribution < -0.4 is 5.43 Å². The van der Waals surface area contributed by atoms with Gasteiger partial charge in [-0.1, -0.05) is 0 Å². The lowest BCUT2D eigenvalue weighted by atomic mass is 10.2. The number of pyridine rings is 1. The van der Waals surface area contributed by atoms with Crippen molar-refractivity contribution in [1.82, 2.24) is 14.2 Å². The van der Waals surface area contributed by atoms with E-state index in [0.717, 1.165) is 10.3 Å². The van der Waals surface area contributed by atoms with Crippen molar-refractivity contribution in [2.75, 3.05) is 6.26 Å². The van der Waals surface area contributed by atoms with E-state index in [9.17, 15) is 13.2 Å². The minimum Gasteiger partial charge on any atom is -0.367 e. The Hall–Kier alpha value is -1.89. The van der Waals surface area contributed by atoms with Gasteiger partial charge in [0.1, 0.15) is 0 Å². The molecule has 1 N–H and O–H groups in total. The Bertz CT molecular complexity index is 669. The van der Waals surface area contributed by atoms with E-state index in [-0.39, 0.29) is 5.43 Å². The zero-order chi connectivity index (χ0) is 11.8. The molecule has 16 heavy (non-hydrogen) atoms. The molecule has 2 rings (SSSR count). The summed E-state index contributed by atoms with van der Waals surface area (Å²) < 4.78 is 23.2. The Morgan fingerprint density at radius 3 is 2.75 bits per heavy atom. The molecule has 84 valence electrons. The molecule has 0 unspecified atom stereocenters. The number of hydrogen-bond donors (Lipinski definition) is 1. The quantitative estimate of drug-likeness (QED) is 0.802. The van der Waals surface area contributed by atoms with E-state index < -0.39 is 10.0 Å². The summed E-state index contributed by atoms with van der Waals surface area (Å²) in [5.41, 5.74) is 0.663. The van der Waals surface area contributed by atoms with E-state index in [2.05, 4.69) is 10.1 Å². The molecule has 0 saturated carbocycles. The van der Waals surface area contributed by atoms with Crippen molar-refractivity contribution >= 4 is 10.0 Å². The van der Waals surface area contributed by atoms with E-state index >= 15 is 0 Å². The highest BCUT2D eigenvalue weighted by molar-refractivity contribution is 7.89. The number of aromatic amines is 1. The molecule has 0 spiro atoms. The number of aromatic nitrogens is 3. The van der Waals surface area contributed by atoms with Gasteiger partial charge in [-0.25, -0.2) is 8.42 Å². The smallest absolute Gasteiger partial charge is 0.250 e. The Morgan fingerprint density at radius 2 is 2.19 bits per heavy atom. The van der Waals surface area contributed by atoms with Crippen molar-refractivity contribution in [3.8, 4) is 11.1 Å². The van der Waals surface area contributed by atoms with Gasteiger partial charge in [0, 0.05) is 29.6 Å². The molecule has 0 fully saturated rings. The van der Waals surface area contributed by atoms with Gasteiger partial charge in [-0.3, -0.25) is 4.79 Å². The van der Waals surface area contributed by atoms with Crippen LogP contribution in [-0.4, -0.2) is 28.8 Å². The van der Waals surface area contributed by atoms with E-state index in [1.165, 1.54) is 30.9 Å². The normalized spacial score (nSPS) is 11.6. The zero-order valence-corrected chi connectivity index (χ0v) is 9.23. The lowest BCUT2D eigenvalue weighted by Gasteiger charge is -1.95. The van der Waals surface area contributed by atoms with Crippen molar-refractivity contribution in [3.05, 3.63) is 41.1 Å². The molecule has 2 aromatic heterocycles. The van der Waals surface area contributed by atoms with Crippen molar-refractivity contribution in [2.45, 2.75) is 0 Å². The van der Waals surface area contributed by atoms with E-state index in [1.807, 2.05) is 0 Å². The molecule has 0 aliphatic heterocycles. The van der Waals surface area contributed by atoms with Gasteiger partial charge in [0.05, 0.1) is 18.6 Å². The van der Waals surface area contributed by atoms with Gasteiger partial charge in [0.25, 0.3) is 10.0 Å². The van der Waals surface area contributed by atoms with Gasteiger partial charge >= 0.3 is 0 Å². The summed E-state index contributed by atoms with van der Waals surface area (Å²) in [5, 5.41) is 3.68. The molecule has 6 nitrogen and oxygen atoms in total. The van der Waals surface area contributed by atoms with E-state index in [4.69, 9.17) is 0 Å². The van der Waals surface area contributed by atoms with Crippen molar-refractivity contribution < 1.29 is 8.42 Å². The van der Waals surface area contributed by atoms with Crippen molar-refractivity contribution in [2.24, 2.45) is 0 Å². The molecule has 2 heterocycles. The first kappa shape index (κ1) is 10.6. The lowest BCUT2D eigenvalue weighted by Crippen LogP contribution is -2.10. The van der Waals surface area contributed by atoms with Crippen LogP contribution in [0.5, 0.6) is 0 Å². The minimum absolute atomic E-state index is 0.188. The summed E-state index contributed by atoms with van der Waals surface area (Å²) in [7, 11) is -3.41. The highest BCUT2D eigenvalue weighted by atomic mass is 32.2. The van der Waals surface area contributed by atoms with Crippen LogP contribution in [0.25, 0.3) is 11.1 Å². The third-order valence-corrected chi connectivity index (χ3v) is 2.91. The summed E-state index contributed by atoms with van der Waals surface area (Å²) >= 11 is 0. The lowest BCUT2D eigenvalue weighted by molar-refractivity contribution is 0.586. The average molecular weight is 239 g/mol. The third-order valence-electron chi connectivity index (χ3n) is 2.04. The van der Waals surface area contributed by atoms with E-state index in [1.54, 1.807) is 0 Å². The number of nitrogens with one attached hydrogen (secondary N) is 1. The first-order valence-corrected chi connectivity index (χ1v) is 6.26. The zero-order valence-electron chi connectivity index (χ0n) is 8.41. The molecule has 0 aromatic carbocycles. The summed E-state index contributed by atoms with van der Waals surface area (Å²) in [6, 6.07) is 1.37. The maximum absolute atomic E-state index is 11.5. The van der Waals surface area contributed by atoms with Gasteiger partial charge in [0.15, 0.2) is 5.43 Å². The second kappa shape index (κ2) is 3.60. The Labute approximate surface area is 91.6 Å². The topological polar surface area (TPSA) is 84.8 Å². The standard InChI is InChI=1S/C9H9N3O3S/c1-16(14,15)12-6-7(4-11-12)8-5-10-3-2-9(8)13/h2-6H,1H3,(H,10,13). The van der Waals surface area contributed by atoms with Crippen LogP contribution in [0, 0.1) is 0 Å². The summed E-state index contributed by atoms with van der Waals surface area (Å²) in [6.07, 6.45) is 6.70. The molecular weight excluding hydrogens is 230 g/mol. The van der Waals surface area contributed by atoms with Crippen LogP contribution in [-0.2, 0) is 10.0 Å². The van der Waals surface area contributed by atoms with Gasteiger partial charge in [-0.05, 0) is 0 Å². The molecule has 0 aliphatic carbocycles. The fourth-order valence-electron chi connectivity index (χ4n) is 1.27. The average Bonchev–Trinajstić information content (AvgIpc) is 2.66. The predicted molar refractivity (Wildman–Crippen MR) is 58.5 cm³/mol. The maximum Gasteiger partial charge on any atom is 0.250 e. The van der Waals surface area contributed by atoms with Crippen molar-refractivity contribution in [1.29, 1.82) is 0 Å². The predicted octanol–water partition coefficient (Wildman–Crippen LogP) is 0.0461. The fourth-order valence-corrected chi connectivity index (χ4v) is 1.79. The Kier molecular flexibility index (Phi) is 2.39. The molecule has 0 aliphatic rings. The van der Waals surface area contributed by atoms with Crippen LogP contribution in [0.15, 0.2) is 35.6 Å². The van der Waals surface area contributed by atoms with Crippen molar-refractivity contribution in [3.63, 3.8) is 0 Å². The summed E-state index contributed by atoms with van der Waals surface area (Å²) in [5.74, 6) is 0. The number of rotatable bonds is 2. The monoisotopic (exact) mass is 239 g/mol. The largest absolute Gasteiger partial charge is 0.367 e. The van der Waals surface area contributed by atoms with Gasteiger partial charge in [-0.15, -0.1) is 0 Å². The van der Waals surface area contributed by atoms with Crippen LogP contribution in [0.4, 0.5) is 0 Å². The maximum atomic E-state index is 11.5. The second-order valence-electron chi connectivity index (χ2n) is 3.29. The Morgan fingerprint density at radius 1 is 1.44 bits per heavy atom. The van der Waals surface area contributed by atoms with E-state index in [0.29, 0.717) is 11.1 Å². The molecule has 0 saturated heterocycles. The molecule has 0 radical (unpaired) electrons. The molecule has 0 bridgehead atoms. The summed E-state index contributed by atoms with van der Waals surface area (Å²) in [4.78, 5) is 14.2. The molecule has 2 aromatic rings. The molecule has 7 heteroatoms. The Balaban J connectivity index is 2.56. The second-order valence-corrected chi connectivity index (χ2v) is 5.13. The first-order valence-electron chi connectivity index (χ1n) is 4.41. The molecule has 0 amide bonds. The molecule has 0 atom stereocenters. The minimum atomic E-state index is -3.41. The van der Waals surface area contributed by atoms with Crippen LogP contribution in [0.3, 0.4) is 0 Å². The first-order chi connectivity index (χ1) is 7.48. The summed E-state index contributed by atoms with van der Waals surface area (Å²) in [6.45, 7) is 0. The third kappa shape index (κ3) is 1.89. The SMILES string of the molecule is CS(=O)(=O)n1cc(-c2c[nH]ccc2=O)cn1. The molecular formula is C9H9N3O3S. The number of nitrogens with zero attached hydrogens (tertiary/aromatic N) is 2. The van der Waals surface area contributed by atoms with Gasteiger partial charge in [0.2, 0.25) is 0 Å². The van der Waals surface area contributed by atoms with Gasteiger partial charge < -0.3 is 4.98 Å². The highest BCUT2D eigenvalue weighted by Crippen LogP contribution is 2.13. The number of H-pyrrole nitrogens is 1. The van der Waals surface area contributed by atoms with Crippen LogP contribution in [0.2, 0.25) is 0 Å². The fraction of sp³-hybridized carbons (Fsp3) is 0.111. The highest BCUT2D eigenvalue weighted by Gasteiger charge is 2.10. The van der Waals surface area contributed by atoms with Gasteiger partial charge in [-0.2, -0.15) is 9.19 Å². The van der Waals surface area contributed by atoms with Crippen LogP contribution in [0.1, 0.15) is 0 Å².